The third kappa shape index (κ3) is 1.96. The van der Waals surface area contributed by atoms with Crippen molar-refractivity contribution in [3.63, 3.8) is 0 Å². The van der Waals surface area contributed by atoms with E-state index >= 15 is 0 Å². The molecule has 3 nitrogen and oxygen atoms in total. The molecule has 3 N–H and O–H groups in total. The normalized spacial score (nSPS) is 15.1. The minimum Gasteiger partial charge on any atom is -0.369 e. The maximum atomic E-state index is 12.1. The van der Waals surface area contributed by atoms with Crippen LogP contribution in [0.25, 0.3) is 33.3 Å². The van der Waals surface area contributed by atoms with Crippen LogP contribution in [0.4, 0.5) is 0 Å². The van der Waals surface area contributed by atoms with E-state index in [0.29, 0.717) is 0 Å². The highest BCUT2D eigenvalue weighted by atomic mass is 16.1. The molecule has 3 aromatic carbocycles. The Labute approximate surface area is 145 Å². The molecular weight excluding hydrogens is 308 g/mol. The van der Waals surface area contributed by atoms with Crippen molar-refractivity contribution < 1.29 is 4.79 Å². The van der Waals surface area contributed by atoms with Crippen molar-refractivity contribution in [2.24, 2.45) is 5.73 Å². The van der Waals surface area contributed by atoms with Gasteiger partial charge in [-0.2, -0.15) is 0 Å². The number of hydrogen-bond donors (Lipinski definition) is 2. The largest absolute Gasteiger partial charge is 0.369 e. The maximum Gasteiger partial charge on any atom is 0.229 e. The lowest BCUT2D eigenvalue weighted by molar-refractivity contribution is -0.118. The molecule has 1 atom stereocenters. The molecule has 3 heteroatoms. The summed E-state index contributed by atoms with van der Waals surface area (Å²) in [6, 6.07) is 24.5. The number of carbonyl (C=O) groups is 1. The molecule has 1 aliphatic rings. The number of aromatic nitrogens is 1. The SMILES string of the molecule is NC(=O)[C@@H]1c2ccccc2-c2c(-c3cc4ccccc4[nH]3)cccc21. The summed E-state index contributed by atoms with van der Waals surface area (Å²) in [5.41, 5.74) is 13.2. The van der Waals surface area contributed by atoms with E-state index in [1.165, 1.54) is 5.39 Å². The number of aromatic amines is 1. The number of carbonyl (C=O) groups excluding carboxylic acids is 1. The lowest BCUT2D eigenvalue weighted by atomic mass is 9.94. The van der Waals surface area contributed by atoms with Gasteiger partial charge in [-0.3, -0.25) is 4.79 Å². The Morgan fingerprint density at radius 3 is 2.40 bits per heavy atom. The first-order valence-corrected chi connectivity index (χ1v) is 8.33. The summed E-state index contributed by atoms with van der Waals surface area (Å²) >= 11 is 0. The zero-order valence-corrected chi connectivity index (χ0v) is 13.5. The average Bonchev–Trinajstić information content (AvgIpc) is 3.20. The molecule has 120 valence electrons. The number of primary amides is 1. The fraction of sp³-hybridized carbons (Fsp3) is 0.0455. The Bertz CT molecular complexity index is 1110. The molecule has 0 aliphatic heterocycles. The van der Waals surface area contributed by atoms with Crippen molar-refractivity contribution in [3.05, 3.63) is 83.9 Å². The number of fused-ring (bicyclic) bond motifs is 4. The first-order chi connectivity index (χ1) is 12.2. The van der Waals surface area contributed by atoms with Gasteiger partial charge in [-0.25, -0.2) is 0 Å². The molecule has 1 aliphatic carbocycles. The Morgan fingerprint density at radius 1 is 0.840 bits per heavy atom. The first-order valence-electron chi connectivity index (χ1n) is 8.33. The Morgan fingerprint density at radius 2 is 1.56 bits per heavy atom. The van der Waals surface area contributed by atoms with Crippen LogP contribution in [0, 0.1) is 0 Å². The first kappa shape index (κ1) is 14.1. The lowest BCUT2D eigenvalue weighted by Crippen LogP contribution is -2.20. The smallest absolute Gasteiger partial charge is 0.229 e. The van der Waals surface area contributed by atoms with Crippen LogP contribution in [0.2, 0.25) is 0 Å². The minimum absolute atomic E-state index is 0.306. The fourth-order valence-corrected chi connectivity index (χ4v) is 4.00. The number of hydrogen-bond acceptors (Lipinski definition) is 1. The van der Waals surface area contributed by atoms with Crippen LogP contribution in [0.3, 0.4) is 0 Å². The zero-order valence-electron chi connectivity index (χ0n) is 13.5. The van der Waals surface area contributed by atoms with E-state index in [-0.39, 0.29) is 11.8 Å². The van der Waals surface area contributed by atoms with E-state index in [0.717, 1.165) is 39.0 Å². The van der Waals surface area contributed by atoms with Crippen molar-refractivity contribution in [1.82, 2.24) is 4.98 Å². The summed E-state index contributed by atoms with van der Waals surface area (Å²) in [4.78, 5) is 15.6. The molecule has 0 radical (unpaired) electrons. The molecule has 0 bridgehead atoms. The summed E-state index contributed by atoms with van der Waals surface area (Å²) in [6.07, 6.45) is 0. The summed E-state index contributed by atoms with van der Waals surface area (Å²) in [7, 11) is 0. The van der Waals surface area contributed by atoms with Crippen LogP contribution >= 0.6 is 0 Å². The fourth-order valence-electron chi connectivity index (χ4n) is 4.00. The highest BCUT2D eigenvalue weighted by Gasteiger charge is 2.34. The lowest BCUT2D eigenvalue weighted by Gasteiger charge is -2.10. The van der Waals surface area contributed by atoms with E-state index in [1.807, 2.05) is 42.5 Å². The number of nitrogens with one attached hydrogen (secondary N) is 1. The summed E-state index contributed by atoms with van der Waals surface area (Å²) in [5.74, 6) is -0.685. The van der Waals surface area contributed by atoms with Crippen molar-refractivity contribution in [1.29, 1.82) is 0 Å². The minimum atomic E-state index is -0.379. The van der Waals surface area contributed by atoms with Crippen molar-refractivity contribution in [2.75, 3.05) is 0 Å². The van der Waals surface area contributed by atoms with Crippen LogP contribution in [0.5, 0.6) is 0 Å². The van der Waals surface area contributed by atoms with E-state index in [1.54, 1.807) is 0 Å². The van der Waals surface area contributed by atoms with E-state index in [2.05, 4.69) is 35.3 Å². The zero-order chi connectivity index (χ0) is 17.0. The van der Waals surface area contributed by atoms with Gasteiger partial charge in [-0.05, 0) is 34.4 Å². The number of H-pyrrole nitrogens is 1. The van der Waals surface area contributed by atoms with Gasteiger partial charge in [0.2, 0.25) is 5.91 Å². The molecule has 4 aromatic rings. The second-order valence-corrected chi connectivity index (χ2v) is 6.46. The Kier molecular flexibility index (Phi) is 2.86. The third-order valence-corrected chi connectivity index (χ3v) is 5.05. The van der Waals surface area contributed by atoms with Gasteiger partial charge in [0.05, 0.1) is 5.92 Å². The van der Waals surface area contributed by atoms with Crippen LogP contribution in [-0.4, -0.2) is 10.9 Å². The van der Waals surface area contributed by atoms with Gasteiger partial charge in [-0.15, -0.1) is 0 Å². The van der Waals surface area contributed by atoms with Gasteiger partial charge in [0.1, 0.15) is 0 Å². The molecule has 1 heterocycles. The molecule has 0 unspecified atom stereocenters. The van der Waals surface area contributed by atoms with Crippen molar-refractivity contribution in [3.8, 4) is 22.4 Å². The quantitative estimate of drug-likeness (QED) is 0.563. The summed E-state index contributed by atoms with van der Waals surface area (Å²) in [6.45, 7) is 0. The van der Waals surface area contributed by atoms with Gasteiger partial charge in [0.15, 0.2) is 0 Å². The number of para-hydroxylation sites is 1. The van der Waals surface area contributed by atoms with Crippen LogP contribution in [0.1, 0.15) is 17.0 Å². The predicted molar refractivity (Wildman–Crippen MR) is 100 cm³/mol. The van der Waals surface area contributed by atoms with Crippen molar-refractivity contribution >= 4 is 16.8 Å². The van der Waals surface area contributed by atoms with Crippen molar-refractivity contribution in [2.45, 2.75) is 5.92 Å². The second kappa shape index (κ2) is 5.08. The molecule has 1 amide bonds. The molecular formula is C22H16N2O. The molecule has 0 spiro atoms. The monoisotopic (exact) mass is 324 g/mol. The third-order valence-electron chi connectivity index (χ3n) is 5.05. The van der Waals surface area contributed by atoms with Gasteiger partial charge in [-0.1, -0.05) is 60.7 Å². The average molecular weight is 324 g/mol. The van der Waals surface area contributed by atoms with Gasteiger partial charge in [0.25, 0.3) is 0 Å². The molecule has 5 rings (SSSR count). The highest BCUT2D eigenvalue weighted by molar-refractivity contribution is 6.01. The van der Waals surface area contributed by atoms with Gasteiger partial charge >= 0.3 is 0 Å². The molecule has 0 saturated carbocycles. The predicted octanol–water partition coefficient (Wildman–Crippen LogP) is 4.43. The van der Waals surface area contributed by atoms with E-state index < -0.39 is 0 Å². The highest BCUT2D eigenvalue weighted by Crippen LogP contribution is 2.48. The summed E-state index contributed by atoms with van der Waals surface area (Å²) in [5, 5.41) is 1.17. The molecule has 0 saturated heterocycles. The van der Waals surface area contributed by atoms with Gasteiger partial charge < -0.3 is 10.7 Å². The standard InChI is InChI=1S/C22H16N2O/c23-22(25)21-15-8-3-2-7-14(15)20-16(9-5-10-17(20)21)19-12-13-6-1-4-11-18(13)24-19/h1-12,21,24H,(H2,23,25)/t21-/m1/s1. The molecule has 0 fully saturated rings. The van der Waals surface area contributed by atoms with E-state index in [9.17, 15) is 4.79 Å². The Balaban J connectivity index is 1.82. The van der Waals surface area contributed by atoms with Crippen LogP contribution < -0.4 is 5.73 Å². The summed E-state index contributed by atoms with van der Waals surface area (Å²) < 4.78 is 0. The number of amides is 1. The second-order valence-electron chi connectivity index (χ2n) is 6.46. The van der Waals surface area contributed by atoms with Crippen LogP contribution in [0.15, 0.2) is 72.8 Å². The topological polar surface area (TPSA) is 58.9 Å². The number of benzene rings is 3. The van der Waals surface area contributed by atoms with E-state index in [4.69, 9.17) is 5.73 Å². The van der Waals surface area contributed by atoms with Crippen LogP contribution in [-0.2, 0) is 4.79 Å². The molecule has 1 aromatic heterocycles. The Hall–Kier alpha value is -3.33. The number of rotatable bonds is 2. The number of nitrogens with two attached hydrogens (primary N) is 1. The van der Waals surface area contributed by atoms with Gasteiger partial charge in [0, 0.05) is 22.2 Å². The maximum absolute atomic E-state index is 12.1. The molecule has 25 heavy (non-hydrogen) atoms.